The number of furan rings is 1. The Labute approximate surface area is 116 Å². The van der Waals surface area contributed by atoms with Crippen LogP contribution in [-0.2, 0) is 6.54 Å². The van der Waals surface area contributed by atoms with Crippen molar-refractivity contribution >= 4 is 23.2 Å². The summed E-state index contributed by atoms with van der Waals surface area (Å²) in [5.41, 5.74) is 2.23. The van der Waals surface area contributed by atoms with Gasteiger partial charge in [-0.05, 0) is 31.2 Å². The Kier molecular flexibility index (Phi) is 4.47. The van der Waals surface area contributed by atoms with Crippen LogP contribution in [0.1, 0.15) is 22.8 Å². The fourth-order valence-corrected chi connectivity index (χ4v) is 1.89. The number of carbonyl (C=O) groups is 1. The summed E-state index contributed by atoms with van der Waals surface area (Å²) < 4.78 is 4.95. The van der Waals surface area contributed by atoms with Crippen molar-refractivity contribution in [2.45, 2.75) is 13.5 Å². The van der Waals surface area contributed by atoms with Crippen LogP contribution in [0.5, 0.6) is 0 Å². The SMILES string of the molecule is CCNc1ccc(Cl)cc1C(=O)NCc1ccoc1. The average Bonchev–Trinajstić information content (AvgIpc) is 2.91. The molecule has 1 amide bonds. The molecule has 0 radical (unpaired) electrons. The molecule has 0 unspecified atom stereocenters. The number of carbonyl (C=O) groups excluding carboxylic acids is 1. The van der Waals surface area contributed by atoms with Crippen molar-refractivity contribution in [1.29, 1.82) is 0 Å². The largest absolute Gasteiger partial charge is 0.472 e. The van der Waals surface area contributed by atoms with Crippen molar-refractivity contribution in [2.75, 3.05) is 11.9 Å². The molecule has 1 aromatic heterocycles. The molecule has 0 aliphatic heterocycles. The molecule has 0 atom stereocenters. The zero-order valence-electron chi connectivity index (χ0n) is 10.6. The molecule has 5 heteroatoms. The highest BCUT2D eigenvalue weighted by molar-refractivity contribution is 6.31. The minimum Gasteiger partial charge on any atom is -0.472 e. The lowest BCUT2D eigenvalue weighted by molar-refractivity contribution is 0.0951. The average molecular weight is 279 g/mol. The van der Waals surface area contributed by atoms with Crippen LogP contribution >= 0.6 is 11.6 Å². The van der Waals surface area contributed by atoms with Gasteiger partial charge in [-0.3, -0.25) is 4.79 Å². The van der Waals surface area contributed by atoms with Crippen LogP contribution in [0.3, 0.4) is 0 Å². The van der Waals surface area contributed by atoms with Gasteiger partial charge in [0.2, 0.25) is 0 Å². The molecule has 4 nitrogen and oxygen atoms in total. The molecule has 2 aromatic rings. The van der Waals surface area contributed by atoms with Gasteiger partial charge in [-0.25, -0.2) is 0 Å². The highest BCUT2D eigenvalue weighted by atomic mass is 35.5. The Morgan fingerprint density at radius 2 is 2.21 bits per heavy atom. The minimum atomic E-state index is -0.167. The van der Waals surface area contributed by atoms with E-state index in [2.05, 4.69) is 10.6 Å². The van der Waals surface area contributed by atoms with Crippen molar-refractivity contribution in [3.8, 4) is 0 Å². The van der Waals surface area contributed by atoms with Gasteiger partial charge in [0, 0.05) is 29.4 Å². The summed E-state index contributed by atoms with van der Waals surface area (Å²) in [5, 5.41) is 6.51. The molecule has 1 aromatic carbocycles. The van der Waals surface area contributed by atoms with Gasteiger partial charge in [0.05, 0.1) is 18.1 Å². The fraction of sp³-hybridized carbons (Fsp3) is 0.214. The molecular weight excluding hydrogens is 264 g/mol. The predicted octanol–water partition coefficient (Wildman–Crippen LogP) is 3.29. The Bertz CT molecular complexity index is 553. The van der Waals surface area contributed by atoms with Gasteiger partial charge in [0.15, 0.2) is 0 Å². The second kappa shape index (κ2) is 6.29. The van der Waals surface area contributed by atoms with E-state index in [0.29, 0.717) is 17.1 Å². The summed E-state index contributed by atoms with van der Waals surface area (Å²) in [6.07, 6.45) is 3.17. The topological polar surface area (TPSA) is 54.3 Å². The Balaban J connectivity index is 2.11. The first-order valence-corrected chi connectivity index (χ1v) is 6.41. The molecule has 0 aliphatic carbocycles. The van der Waals surface area contributed by atoms with E-state index >= 15 is 0 Å². The van der Waals surface area contributed by atoms with E-state index in [1.807, 2.05) is 13.0 Å². The number of anilines is 1. The van der Waals surface area contributed by atoms with Crippen LogP contribution < -0.4 is 10.6 Å². The molecule has 100 valence electrons. The standard InChI is InChI=1S/C14H15ClN2O2/c1-2-16-13-4-3-11(15)7-12(13)14(18)17-8-10-5-6-19-9-10/h3-7,9,16H,2,8H2,1H3,(H,17,18). The number of benzene rings is 1. The van der Waals surface area contributed by atoms with Crippen molar-refractivity contribution in [2.24, 2.45) is 0 Å². The minimum absolute atomic E-state index is 0.167. The monoisotopic (exact) mass is 278 g/mol. The zero-order chi connectivity index (χ0) is 13.7. The molecule has 19 heavy (non-hydrogen) atoms. The van der Waals surface area contributed by atoms with E-state index in [1.165, 1.54) is 0 Å². The molecule has 0 fully saturated rings. The zero-order valence-corrected chi connectivity index (χ0v) is 11.3. The summed E-state index contributed by atoms with van der Waals surface area (Å²) in [6.45, 7) is 3.14. The van der Waals surface area contributed by atoms with Gasteiger partial charge < -0.3 is 15.1 Å². The van der Waals surface area contributed by atoms with E-state index in [4.69, 9.17) is 16.0 Å². The number of nitrogens with one attached hydrogen (secondary N) is 2. The van der Waals surface area contributed by atoms with Gasteiger partial charge in [-0.1, -0.05) is 11.6 Å². The first-order chi connectivity index (χ1) is 9.20. The van der Waals surface area contributed by atoms with Crippen molar-refractivity contribution in [3.63, 3.8) is 0 Å². The van der Waals surface area contributed by atoms with Gasteiger partial charge in [-0.15, -0.1) is 0 Å². The lowest BCUT2D eigenvalue weighted by atomic mass is 10.1. The van der Waals surface area contributed by atoms with Gasteiger partial charge in [0.25, 0.3) is 5.91 Å². The summed E-state index contributed by atoms with van der Waals surface area (Å²) >= 11 is 5.94. The summed E-state index contributed by atoms with van der Waals surface area (Å²) in [5.74, 6) is -0.167. The number of rotatable bonds is 5. The Hall–Kier alpha value is -1.94. The van der Waals surface area contributed by atoms with Gasteiger partial charge >= 0.3 is 0 Å². The van der Waals surface area contributed by atoms with Crippen molar-refractivity contribution < 1.29 is 9.21 Å². The van der Waals surface area contributed by atoms with E-state index in [9.17, 15) is 4.79 Å². The van der Waals surface area contributed by atoms with Crippen LogP contribution in [0.2, 0.25) is 5.02 Å². The quantitative estimate of drug-likeness (QED) is 0.882. The molecule has 2 N–H and O–H groups in total. The highest BCUT2D eigenvalue weighted by Gasteiger charge is 2.11. The van der Waals surface area contributed by atoms with E-state index < -0.39 is 0 Å². The molecule has 0 bridgehead atoms. The molecule has 0 aliphatic rings. The van der Waals surface area contributed by atoms with E-state index in [1.54, 1.807) is 30.7 Å². The second-order valence-electron chi connectivity index (χ2n) is 4.03. The van der Waals surface area contributed by atoms with Crippen LogP contribution in [0, 0.1) is 0 Å². The third-order valence-electron chi connectivity index (χ3n) is 2.63. The van der Waals surface area contributed by atoms with Crippen LogP contribution in [0.15, 0.2) is 41.2 Å². The Morgan fingerprint density at radius 1 is 1.37 bits per heavy atom. The summed E-state index contributed by atoms with van der Waals surface area (Å²) in [6, 6.07) is 7.03. The number of amides is 1. The molecular formula is C14H15ClN2O2. The lowest BCUT2D eigenvalue weighted by Gasteiger charge is -2.11. The molecule has 2 rings (SSSR count). The normalized spacial score (nSPS) is 10.2. The van der Waals surface area contributed by atoms with E-state index in [-0.39, 0.29) is 5.91 Å². The van der Waals surface area contributed by atoms with Crippen LogP contribution in [0.4, 0.5) is 5.69 Å². The summed E-state index contributed by atoms with van der Waals surface area (Å²) in [4.78, 5) is 12.1. The maximum absolute atomic E-state index is 12.1. The van der Waals surface area contributed by atoms with Gasteiger partial charge in [0.1, 0.15) is 0 Å². The first-order valence-electron chi connectivity index (χ1n) is 6.03. The van der Waals surface area contributed by atoms with E-state index in [0.717, 1.165) is 17.8 Å². The predicted molar refractivity (Wildman–Crippen MR) is 75.5 cm³/mol. The third kappa shape index (κ3) is 3.51. The molecule has 1 heterocycles. The highest BCUT2D eigenvalue weighted by Crippen LogP contribution is 2.20. The third-order valence-corrected chi connectivity index (χ3v) is 2.86. The van der Waals surface area contributed by atoms with Gasteiger partial charge in [-0.2, -0.15) is 0 Å². The lowest BCUT2D eigenvalue weighted by Crippen LogP contribution is -2.23. The molecule has 0 saturated heterocycles. The fourth-order valence-electron chi connectivity index (χ4n) is 1.72. The van der Waals surface area contributed by atoms with Crippen molar-refractivity contribution in [3.05, 3.63) is 52.9 Å². The molecule has 0 spiro atoms. The first kappa shape index (κ1) is 13.5. The number of halogens is 1. The second-order valence-corrected chi connectivity index (χ2v) is 4.47. The number of hydrogen-bond acceptors (Lipinski definition) is 3. The van der Waals surface area contributed by atoms with Crippen LogP contribution in [0.25, 0.3) is 0 Å². The smallest absolute Gasteiger partial charge is 0.253 e. The maximum Gasteiger partial charge on any atom is 0.253 e. The Morgan fingerprint density at radius 3 is 2.89 bits per heavy atom. The van der Waals surface area contributed by atoms with Crippen molar-refractivity contribution in [1.82, 2.24) is 5.32 Å². The summed E-state index contributed by atoms with van der Waals surface area (Å²) in [7, 11) is 0. The number of hydrogen-bond donors (Lipinski definition) is 2. The van der Waals surface area contributed by atoms with Crippen LogP contribution in [-0.4, -0.2) is 12.5 Å². The molecule has 0 saturated carbocycles. The maximum atomic E-state index is 12.1.